The highest BCUT2D eigenvalue weighted by Gasteiger charge is 2.30. The van der Waals surface area contributed by atoms with Crippen LogP contribution >= 0.6 is 15.6 Å². The van der Waals surface area contributed by atoms with Crippen LogP contribution in [0.5, 0.6) is 0 Å². The molecule has 0 amide bonds. The Morgan fingerprint density at radius 2 is 0.541 bits per heavy atom. The van der Waals surface area contributed by atoms with Crippen LogP contribution in [0.2, 0.25) is 0 Å². The molecule has 0 aliphatic rings. The average molecular weight is 1260 g/mol. The Morgan fingerprint density at radius 1 is 0.318 bits per heavy atom. The number of carbonyl (C=O) groups excluding carboxylic acids is 4. The van der Waals surface area contributed by atoms with Crippen LogP contribution in [0.1, 0.15) is 330 Å². The third-order valence-corrected chi connectivity index (χ3v) is 17.1. The van der Waals surface area contributed by atoms with E-state index in [9.17, 15) is 43.2 Å². The molecule has 0 aromatic carbocycles. The third-order valence-electron chi connectivity index (χ3n) is 15.2. The fourth-order valence-electron chi connectivity index (χ4n) is 9.88. The topological polar surface area (TPSA) is 237 Å². The molecule has 17 nitrogen and oxygen atoms in total. The van der Waals surface area contributed by atoms with Crippen LogP contribution in [0.25, 0.3) is 0 Å². The molecular weight excluding hydrogens is 1130 g/mol. The van der Waals surface area contributed by atoms with Gasteiger partial charge in [-0.2, -0.15) is 0 Å². The van der Waals surface area contributed by atoms with Crippen LogP contribution < -0.4 is 0 Å². The zero-order chi connectivity index (χ0) is 62.9. The summed E-state index contributed by atoms with van der Waals surface area (Å²) in [5.74, 6) is -0.791. The molecule has 5 atom stereocenters. The minimum absolute atomic E-state index is 0.102. The van der Waals surface area contributed by atoms with Crippen molar-refractivity contribution in [3.8, 4) is 0 Å². The highest BCUT2D eigenvalue weighted by atomic mass is 31.2. The molecule has 0 heterocycles. The van der Waals surface area contributed by atoms with E-state index in [1.165, 1.54) is 135 Å². The first kappa shape index (κ1) is 83.1. The lowest BCUT2D eigenvalue weighted by atomic mass is 10.0. The van der Waals surface area contributed by atoms with E-state index >= 15 is 0 Å². The van der Waals surface area contributed by atoms with E-state index in [1.807, 2.05) is 0 Å². The molecule has 0 radical (unpaired) electrons. The van der Waals surface area contributed by atoms with Gasteiger partial charge in [-0.15, -0.1) is 0 Å². The van der Waals surface area contributed by atoms with Gasteiger partial charge in [0.25, 0.3) is 0 Å². The number of rotatable bonds is 65. The second kappa shape index (κ2) is 58.4. The third kappa shape index (κ3) is 60.7. The van der Waals surface area contributed by atoms with Crippen molar-refractivity contribution in [2.24, 2.45) is 11.8 Å². The summed E-state index contributed by atoms with van der Waals surface area (Å²) >= 11 is 0. The number of esters is 4. The summed E-state index contributed by atoms with van der Waals surface area (Å²) < 4.78 is 67.9. The van der Waals surface area contributed by atoms with Gasteiger partial charge in [0.05, 0.1) is 26.4 Å². The minimum atomic E-state index is -4.95. The van der Waals surface area contributed by atoms with Crippen LogP contribution in [-0.4, -0.2) is 96.7 Å². The summed E-state index contributed by atoms with van der Waals surface area (Å²) in [5, 5.41) is 10.5. The van der Waals surface area contributed by atoms with Crippen molar-refractivity contribution in [1.82, 2.24) is 0 Å². The SMILES string of the molecule is CCCCCCCCCCCCCCCCCCCCCC(=O)O[C@H](COC(=O)CCCCCCCCC(C)C)COP(=O)(O)OC[C@@H](O)COP(=O)(O)OC[C@@H](COC(=O)CCCCCCCCCC)OC(=O)CCCCCCCCC(C)C. The van der Waals surface area contributed by atoms with Gasteiger partial charge < -0.3 is 33.8 Å². The van der Waals surface area contributed by atoms with Crippen LogP contribution in [0, 0.1) is 11.8 Å². The van der Waals surface area contributed by atoms with E-state index in [2.05, 4.69) is 41.5 Å². The standard InChI is InChI=1S/C66H128O17P2/c1-7-9-11-13-15-17-18-19-20-21-22-23-24-25-26-27-29-38-44-50-65(70)82-61(55-77-64(69)49-43-37-32-30-34-40-46-58(3)4)56-80-84(72,73)78-52-60(67)53-79-85(74,75)81-57-62(54-76-63(68)48-42-36-28-16-14-12-10-8-2)83-66(71)51-45-39-33-31-35-41-47-59(5)6/h58-62,67H,7-57H2,1-6H3,(H,72,73)(H,74,75)/t60-,61-,62-/m1/s1. The van der Waals surface area contributed by atoms with Gasteiger partial charge in [-0.1, -0.05) is 279 Å². The fraction of sp³-hybridized carbons (Fsp3) is 0.939. The molecule has 3 N–H and O–H groups in total. The number of hydrogen-bond donors (Lipinski definition) is 3. The van der Waals surface area contributed by atoms with Gasteiger partial charge in [0.2, 0.25) is 0 Å². The Morgan fingerprint density at radius 3 is 0.800 bits per heavy atom. The number of carbonyl (C=O) groups is 4. The van der Waals surface area contributed by atoms with Crippen LogP contribution in [0.15, 0.2) is 0 Å². The van der Waals surface area contributed by atoms with Crippen molar-refractivity contribution in [2.75, 3.05) is 39.6 Å². The lowest BCUT2D eigenvalue weighted by Gasteiger charge is -2.21. The summed E-state index contributed by atoms with van der Waals surface area (Å²) in [4.78, 5) is 72.1. The van der Waals surface area contributed by atoms with E-state index in [4.69, 9.17) is 37.0 Å². The molecule has 0 aromatic heterocycles. The number of unbranched alkanes of at least 4 members (excludes halogenated alkanes) is 35. The lowest BCUT2D eigenvalue weighted by Crippen LogP contribution is -2.30. The lowest BCUT2D eigenvalue weighted by molar-refractivity contribution is -0.161. The van der Waals surface area contributed by atoms with Crippen molar-refractivity contribution in [3.63, 3.8) is 0 Å². The maximum atomic E-state index is 13.0. The molecule has 2 unspecified atom stereocenters. The molecule has 0 fully saturated rings. The van der Waals surface area contributed by atoms with Gasteiger partial charge in [0, 0.05) is 25.7 Å². The van der Waals surface area contributed by atoms with Gasteiger partial charge >= 0.3 is 39.5 Å². The van der Waals surface area contributed by atoms with Crippen LogP contribution in [-0.2, 0) is 65.4 Å². The van der Waals surface area contributed by atoms with E-state index in [-0.39, 0.29) is 25.7 Å². The van der Waals surface area contributed by atoms with Gasteiger partial charge in [0.15, 0.2) is 12.2 Å². The van der Waals surface area contributed by atoms with Crippen molar-refractivity contribution in [1.29, 1.82) is 0 Å². The molecule has 0 aliphatic heterocycles. The summed E-state index contributed by atoms with van der Waals surface area (Å²) in [5.41, 5.74) is 0. The van der Waals surface area contributed by atoms with E-state index in [0.717, 1.165) is 103 Å². The first-order valence-corrected chi connectivity index (χ1v) is 37.5. The fourth-order valence-corrected chi connectivity index (χ4v) is 11.5. The second-order valence-corrected chi connectivity index (χ2v) is 27.7. The van der Waals surface area contributed by atoms with Crippen molar-refractivity contribution in [3.05, 3.63) is 0 Å². The number of phosphoric ester groups is 2. The molecule has 0 bridgehead atoms. The maximum Gasteiger partial charge on any atom is 0.472 e. The zero-order valence-electron chi connectivity index (χ0n) is 54.9. The van der Waals surface area contributed by atoms with Crippen LogP contribution in [0.3, 0.4) is 0 Å². The minimum Gasteiger partial charge on any atom is -0.462 e. The largest absolute Gasteiger partial charge is 0.472 e. The normalized spacial score (nSPS) is 14.2. The molecule has 0 rings (SSSR count). The Balaban J connectivity index is 5.14. The molecular formula is C66H128O17P2. The molecule has 85 heavy (non-hydrogen) atoms. The van der Waals surface area contributed by atoms with E-state index in [1.54, 1.807) is 0 Å². The number of aliphatic hydroxyl groups is 1. The molecule has 0 saturated carbocycles. The first-order chi connectivity index (χ1) is 40.9. The molecule has 0 spiro atoms. The zero-order valence-corrected chi connectivity index (χ0v) is 56.7. The summed E-state index contributed by atoms with van der Waals surface area (Å²) in [6.07, 6.45) is 42.2. The van der Waals surface area contributed by atoms with Gasteiger partial charge in [-0.3, -0.25) is 37.3 Å². The van der Waals surface area contributed by atoms with E-state index < -0.39 is 97.5 Å². The van der Waals surface area contributed by atoms with Crippen molar-refractivity contribution >= 4 is 39.5 Å². The first-order valence-electron chi connectivity index (χ1n) is 34.5. The van der Waals surface area contributed by atoms with Gasteiger partial charge in [0.1, 0.15) is 19.3 Å². The average Bonchev–Trinajstić information content (AvgIpc) is 3.49. The second-order valence-electron chi connectivity index (χ2n) is 24.8. The predicted molar refractivity (Wildman–Crippen MR) is 340 cm³/mol. The van der Waals surface area contributed by atoms with E-state index in [0.29, 0.717) is 37.5 Å². The number of phosphoric acid groups is 2. The Hall–Kier alpha value is -1.94. The summed E-state index contributed by atoms with van der Waals surface area (Å²) in [6, 6.07) is 0. The smallest absolute Gasteiger partial charge is 0.462 e. The Kier molecular flexibility index (Phi) is 57.1. The number of ether oxygens (including phenoxy) is 4. The maximum absolute atomic E-state index is 13.0. The van der Waals surface area contributed by atoms with Crippen molar-refractivity contribution in [2.45, 2.75) is 349 Å². The predicted octanol–water partition coefficient (Wildman–Crippen LogP) is 18.4. The molecule has 0 aliphatic carbocycles. The molecule has 0 aromatic rings. The van der Waals surface area contributed by atoms with Crippen LogP contribution in [0.4, 0.5) is 0 Å². The Labute approximate surface area is 517 Å². The van der Waals surface area contributed by atoms with Gasteiger partial charge in [-0.25, -0.2) is 9.13 Å². The number of hydrogen-bond acceptors (Lipinski definition) is 15. The summed E-state index contributed by atoms with van der Waals surface area (Å²) in [6.45, 7) is 9.31. The molecule has 19 heteroatoms. The quantitative estimate of drug-likeness (QED) is 0.0222. The molecule has 0 saturated heterocycles. The highest BCUT2D eigenvalue weighted by Crippen LogP contribution is 2.45. The summed E-state index contributed by atoms with van der Waals surface area (Å²) in [7, 11) is -9.88. The Bertz CT molecular complexity index is 1670. The van der Waals surface area contributed by atoms with Gasteiger partial charge in [-0.05, 0) is 37.5 Å². The number of aliphatic hydroxyl groups excluding tert-OH is 1. The highest BCUT2D eigenvalue weighted by molar-refractivity contribution is 7.47. The van der Waals surface area contributed by atoms with Crippen molar-refractivity contribution < 1.29 is 80.2 Å². The monoisotopic (exact) mass is 1250 g/mol. The molecule has 504 valence electrons.